The largest absolute Gasteiger partial charge is 0.390 e. The molecule has 0 spiro atoms. The number of carbonyl (C=O) groups is 1. The molecule has 5 unspecified atom stereocenters. The summed E-state index contributed by atoms with van der Waals surface area (Å²) in [4.78, 5) is 12.3. The van der Waals surface area contributed by atoms with Crippen LogP contribution < -0.4 is 0 Å². The first kappa shape index (κ1) is 13.7. The van der Waals surface area contributed by atoms with Crippen molar-refractivity contribution in [1.82, 2.24) is 0 Å². The highest BCUT2D eigenvalue weighted by Gasteiger charge is 2.50. The zero-order chi connectivity index (χ0) is 14.3. The lowest BCUT2D eigenvalue weighted by atomic mass is 9.76. The van der Waals surface area contributed by atoms with E-state index < -0.39 is 12.2 Å². The van der Waals surface area contributed by atoms with Gasteiger partial charge in [0.1, 0.15) is 11.6 Å². The van der Waals surface area contributed by atoms with Gasteiger partial charge in [0, 0.05) is 12.8 Å². The maximum absolute atomic E-state index is 13.1. The second-order valence-electron chi connectivity index (χ2n) is 5.77. The summed E-state index contributed by atoms with van der Waals surface area (Å²) in [6.07, 6.45) is 0.776. The second kappa shape index (κ2) is 5.26. The standard InChI is InChI=1S/C16H19FO3/c1-2-13(18)15-12(9-3-5-10(17)6-4-9)7-11-8-14(19)16(15)20-11/h3-6,11-12,14-16,19H,2,7-8H2,1H3. The quantitative estimate of drug-likeness (QED) is 0.923. The average molecular weight is 278 g/mol. The van der Waals surface area contributed by atoms with Gasteiger partial charge in [-0.15, -0.1) is 0 Å². The highest BCUT2D eigenvalue weighted by molar-refractivity contribution is 5.82. The third-order valence-electron chi connectivity index (χ3n) is 4.56. The molecule has 2 saturated heterocycles. The van der Waals surface area contributed by atoms with Crippen LogP contribution in [-0.4, -0.2) is 29.2 Å². The van der Waals surface area contributed by atoms with Crippen LogP contribution in [0.4, 0.5) is 4.39 Å². The zero-order valence-corrected chi connectivity index (χ0v) is 11.5. The predicted molar refractivity (Wildman–Crippen MR) is 71.8 cm³/mol. The lowest BCUT2D eigenvalue weighted by Gasteiger charge is -2.36. The number of rotatable bonds is 3. The number of ketones is 1. The number of fused-ring (bicyclic) bond motifs is 2. The van der Waals surface area contributed by atoms with Crippen molar-refractivity contribution in [2.75, 3.05) is 0 Å². The Balaban J connectivity index is 1.95. The molecule has 1 aromatic carbocycles. The van der Waals surface area contributed by atoms with E-state index in [1.54, 1.807) is 12.1 Å². The smallest absolute Gasteiger partial charge is 0.139 e. The second-order valence-corrected chi connectivity index (χ2v) is 5.77. The molecule has 108 valence electrons. The van der Waals surface area contributed by atoms with Crippen LogP contribution in [0.15, 0.2) is 24.3 Å². The summed E-state index contributed by atoms with van der Waals surface area (Å²) in [6, 6.07) is 6.34. The van der Waals surface area contributed by atoms with Gasteiger partial charge in [-0.2, -0.15) is 0 Å². The molecule has 0 saturated carbocycles. The third kappa shape index (κ3) is 2.27. The summed E-state index contributed by atoms with van der Waals surface area (Å²) >= 11 is 0. The van der Waals surface area contributed by atoms with Crippen molar-refractivity contribution in [2.24, 2.45) is 5.92 Å². The molecule has 0 amide bonds. The minimum atomic E-state index is -0.564. The molecule has 2 aliphatic rings. The molecule has 3 nitrogen and oxygen atoms in total. The first-order valence-electron chi connectivity index (χ1n) is 7.22. The number of ether oxygens (including phenoxy) is 1. The van der Waals surface area contributed by atoms with Crippen molar-refractivity contribution in [3.8, 4) is 0 Å². The predicted octanol–water partition coefficient (Wildman–Crippen LogP) is 2.43. The number of hydrogen-bond acceptors (Lipinski definition) is 3. The van der Waals surface area contributed by atoms with Crippen LogP contribution in [0.2, 0.25) is 0 Å². The van der Waals surface area contributed by atoms with Crippen LogP contribution in [0, 0.1) is 11.7 Å². The molecule has 2 fully saturated rings. The van der Waals surface area contributed by atoms with Gasteiger partial charge in [0.05, 0.1) is 24.2 Å². The molecule has 0 radical (unpaired) electrons. The van der Waals surface area contributed by atoms with E-state index >= 15 is 0 Å². The Morgan fingerprint density at radius 2 is 2.05 bits per heavy atom. The van der Waals surface area contributed by atoms with Gasteiger partial charge in [-0.25, -0.2) is 4.39 Å². The average Bonchev–Trinajstić information content (AvgIpc) is 2.74. The Labute approximate surface area is 117 Å². The summed E-state index contributed by atoms with van der Waals surface area (Å²) in [5.41, 5.74) is 0.964. The van der Waals surface area contributed by atoms with Crippen LogP contribution in [-0.2, 0) is 9.53 Å². The van der Waals surface area contributed by atoms with Crippen LogP contribution in [0.25, 0.3) is 0 Å². The minimum Gasteiger partial charge on any atom is -0.390 e. The molecular weight excluding hydrogens is 259 g/mol. The molecule has 20 heavy (non-hydrogen) atoms. The van der Waals surface area contributed by atoms with Gasteiger partial charge < -0.3 is 9.84 Å². The summed E-state index contributed by atoms with van der Waals surface area (Å²) in [5.74, 6) is -0.464. The van der Waals surface area contributed by atoms with Crippen molar-refractivity contribution < 1.29 is 19.0 Å². The monoisotopic (exact) mass is 278 g/mol. The van der Waals surface area contributed by atoms with Crippen LogP contribution in [0.3, 0.4) is 0 Å². The molecule has 0 aromatic heterocycles. The van der Waals surface area contributed by atoms with E-state index in [1.165, 1.54) is 12.1 Å². The fraction of sp³-hybridized carbons (Fsp3) is 0.562. The first-order chi connectivity index (χ1) is 9.60. The van der Waals surface area contributed by atoms with Gasteiger partial charge >= 0.3 is 0 Å². The molecule has 1 N–H and O–H groups in total. The Kier molecular flexibility index (Phi) is 3.61. The van der Waals surface area contributed by atoms with Gasteiger partial charge in [-0.05, 0) is 30.0 Å². The number of Topliss-reactive ketones (excluding diaryl/α,β-unsaturated/α-hetero) is 1. The minimum absolute atomic E-state index is 0.00552. The highest BCUT2D eigenvalue weighted by Crippen LogP contribution is 2.46. The molecule has 1 aromatic rings. The van der Waals surface area contributed by atoms with Crippen molar-refractivity contribution in [2.45, 2.75) is 50.4 Å². The number of carbonyl (C=O) groups excluding carboxylic acids is 1. The molecule has 3 rings (SSSR count). The maximum Gasteiger partial charge on any atom is 0.139 e. The van der Waals surface area contributed by atoms with E-state index in [4.69, 9.17) is 4.74 Å². The van der Waals surface area contributed by atoms with Crippen LogP contribution in [0.1, 0.15) is 37.7 Å². The maximum atomic E-state index is 13.1. The van der Waals surface area contributed by atoms with Gasteiger partial charge in [0.15, 0.2) is 0 Å². The number of halogens is 1. The first-order valence-corrected chi connectivity index (χ1v) is 7.22. The summed E-state index contributed by atoms with van der Waals surface area (Å²) in [5, 5.41) is 10.1. The van der Waals surface area contributed by atoms with Gasteiger partial charge in [0.2, 0.25) is 0 Å². The van der Waals surface area contributed by atoms with E-state index in [9.17, 15) is 14.3 Å². The Morgan fingerprint density at radius 1 is 1.35 bits per heavy atom. The Hall–Kier alpha value is -1.26. The van der Waals surface area contributed by atoms with Gasteiger partial charge in [-0.3, -0.25) is 4.79 Å². The number of hydrogen-bond donors (Lipinski definition) is 1. The molecule has 5 atom stereocenters. The number of benzene rings is 1. The van der Waals surface area contributed by atoms with E-state index in [2.05, 4.69) is 0 Å². The molecule has 4 heteroatoms. The van der Waals surface area contributed by atoms with E-state index in [1.807, 2.05) is 6.92 Å². The topological polar surface area (TPSA) is 46.5 Å². The van der Waals surface area contributed by atoms with Gasteiger partial charge in [0.25, 0.3) is 0 Å². The fourth-order valence-corrected chi connectivity index (χ4v) is 3.60. The normalized spacial score (nSPS) is 36.0. The summed E-state index contributed by atoms with van der Waals surface area (Å²) in [6.45, 7) is 1.83. The molecule has 0 aliphatic carbocycles. The third-order valence-corrected chi connectivity index (χ3v) is 4.56. The highest BCUT2D eigenvalue weighted by atomic mass is 19.1. The number of aliphatic hydroxyl groups excluding tert-OH is 1. The summed E-state index contributed by atoms with van der Waals surface area (Å²) in [7, 11) is 0. The van der Waals surface area contributed by atoms with Crippen molar-refractivity contribution >= 4 is 5.78 Å². The lowest BCUT2D eigenvalue weighted by molar-refractivity contribution is -0.137. The van der Waals surface area contributed by atoms with Crippen molar-refractivity contribution in [1.29, 1.82) is 0 Å². The van der Waals surface area contributed by atoms with Crippen molar-refractivity contribution in [3.05, 3.63) is 35.6 Å². The molecular formula is C16H19FO3. The summed E-state index contributed by atoms with van der Waals surface area (Å²) < 4.78 is 18.8. The molecule has 2 bridgehead atoms. The fourth-order valence-electron chi connectivity index (χ4n) is 3.60. The Morgan fingerprint density at radius 3 is 2.70 bits per heavy atom. The number of aliphatic hydroxyl groups is 1. The van der Waals surface area contributed by atoms with Gasteiger partial charge in [-0.1, -0.05) is 19.1 Å². The van der Waals surface area contributed by atoms with E-state index in [-0.39, 0.29) is 29.5 Å². The lowest BCUT2D eigenvalue weighted by Crippen LogP contribution is -2.42. The van der Waals surface area contributed by atoms with Crippen molar-refractivity contribution in [3.63, 3.8) is 0 Å². The Bertz CT molecular complexity index is 499. The molecule has 2 heterocycles. The van der Waals surface area contributed by atoms with E-state index in [0.29, 0.717) is 12.8 Å². The van der Waals surface area contributed by atoms with E-state index in [0.717, 1.165) is 12.0 Å². The molecule has 2 aliphatic heterocycles. The van der Waals surface area contributed by atoms with Crippen LogP contribution >= 0.6 is 0 Å². The zero-order valence-electron chi connectivity index (χ0n) is 11.5. The van der Waals surface area contributed by atoms with Crippen LogP contribution in [0.5, 0.6) is 0 Å². The SMILES string of the molecule is CCC(=O)C1C(c2ccc(F)cc2)CC2CC(O)C1O2.